The molecule has 35 heavy (non-hydrogen) atoms. The minimum absolute atomic E-state index is 0.198. The lowest BCUT2D eigenvalue weighted by atomic mass is 9.66. The molecule has 4 atom stereocenters. The van der Waals surface area contributed by atoms with Crippen LogP contribution in [-0.4, -0.2) is 48.4 Å². The van der Waals surface area contributed by atoms with Crippen molar-refractivity contribution in [3.63, 3.8) is 0 Å². The number of benzene rings is 2. The molecule has 1 aliphatic heterocycles. The normalized spacial score (nSPS) is 24.0. The summed E-state index contributed by atoms with van der Waals surface area (Å²) in [6.07, 6.45) is 1.06. The lowest BCUT2D eigenvalue weighted by Crippen LogP contribution is -2.58. The quantitative estimate of drug-likeness (QED) is 0.471. The molecule has 1 fully saturated rings. The third kappa shape index (κ3) is 6.38. The molecule has 3 rings (SSSR count). The summed E-state index contributed by atoms with van der Waals surface area (Å²) in [5.74, 6) is -2.19. The van der Waals surface area contributed by atoms with Crippen molar-refractivity contribution in [2.45, 2.75) is 51.6 Å². The van der Waals surface area contributed by atoms with Crippen molar-refractivity contribution in [3.8, 4) is 0 Å². The summed E-state index contributed by atoms with van der Waals surface area (Å²) in [6.45, 7) is 5.41. The predicted molar refractivity (Wildman–Crippen MR) is 139 cm³/mol. The van der Waals surface area contributed by atoms with Gasteiger partial charge in [-0.15, -0.1) is 0 Å². The van der Waals surface area contributed by atoms with E-state index in [-0.39, 0.29) is 36.3 Å². The fraction of sp³-hybridized carbons (Fsp3) is 0.462. The van der Waals surface area contributed by atoms with Gasteiger partial charge in [0.05, 0.1) is 23.6 Å². The zero-order valence-electron chi connectivity index (χ0n) is 20.2. The number of carboxylic acids is 1. The van der Waals surface area contributed by atoms with Crippen LogP contribution in [0.1, 0.15) is 56.7 Å². The van der Waals surface area contributed by atoms with E-state index in [2.05, 4.69) is 0 Å². The number of halogens is 2. The zero-order valence-corrected chi connectivity index (χ0v) is 22.6. The van der Waals surface area contributed by atoms with Crippen LogP contribution in [0.5, 0.6) is 0 Å². The lowest BCUT2D eigenvalue weighted by molar-refractivity contribution is -0.161. The Morgan fingerprint density at radius 1 is 1.11 bits per heavy atom. The molecule has 2 aromatic rings. The Hall–Kier alpha value is -2.09. The van der Waals surface area contributed by atoms with E-state index in [0.29, 0.717) is 10.0 Å². The Labute approximate surface area is 217 Å². The van der Waals surface area contributed by atoms with E-state index in [1.54, 1.807) is 30.0 Å². The largest absolute Gasteiger partial charge is 0.481 e. The van der Waals surface area contributed by atoms with Gasteiger partial charge in [-0.3, -0.25) is 9.59 Å². The van der Waals surface area contributed by atoms with E-state index in [1.807, 2.05) is 44.2 Å². The van der Waals surface area contributed by atoms with Gasteiger partial charge in [-0.05, 0) is 47.7 Å². The number of amides is 1. The first-order valence-corrected chi connectivity index (χ1v) is 14.3. The number of rotatable bonds is 8. The van der Waals surface area contributed by atoms with Crippen LogP contribution in [0.2, 0.25) is 10.0 Å². The van der Waals surface area contributed by atoms with Gasteiger partial charge in [0.15, 0.2) is 0 Å². The van der Waals surface area contributed by atoms with Crippen molar-refractivity contribution < 1.29 is 23.1 Å². The molecule has 1 heterocycles. The molecule has 9 heteroatoms. The summed E-state index contributed by atoms with van der Waals surface area (Å²) >= 11 is 12.5. The van der Waals surface area contributed by atoms with Gasteiger partial charge >= 0.3 is 5.97 Å². The number of hydrogen-bond donors (Lipinski definition) is 1. The Kier molecular flexibility index (Phi) is 8.24. The highest BCUT2D eigenvalue weighted by Crippen LogP contribution is 2.52. The fourth-order valence-corrected chi connectivity index (χ4v) is 6.64. The average Bonchev–Trinajstić information content (AvgIpc) is 2.73. The topological polar surface area (TPSA) is 91.8 Å². The van der Waals surface area contributed by atoms with Crippen molar-refractivity contribution >= 4 is 44.9 Å². The number of likely N-dealkylation sites (tertiary alicyclic amines) is 1. The van der Waals surface area contributed by atoms with E-state index in [0.717, 1.165) is 17.4 Å². The molecule has 0 aromatic heterocycles. The van der Waals surface area contributed by atoms with Crippen LogP contribution in [-0.2, 0) is 19.4 Å². The van der Waals surface area contributed by atoms with Crippen molar-refractivity contribution in [1.82, 2.24) is 4.90 Å². The van der Waals surface area contributed by atoms with Gasteiger partial charge in [0, 0.05) is 28.3 Å². The van der Waals surface area contributed by atoms with E-state index in [1.165, 1.54) is 0 Å². The van der Waals surface area contributed by atoms with Crippen molar-refractivity contribution in [3.05, 3.63) is 69.7 Å². The number of carbonyl (C=O) groups excluding carboxylic acids is 1. The summed E-state index contributed by atoms with van der Waals surface area (Å²) in [4.78, 5) is 27.6. The molecule has 0 aliphatic carbocycles. The van der Waals surface area contributed by atoms with E-state index in [4.69, 9.17) is 23.2 Å². The number of hydrogen-bond acceptors (Lipinski definition) is 4. The standard InChI is InChI=1S/C26H31Cl2NO5S/c1-16(2)22(15-35(4,33)34)29-24(17-8-10-19(27)11-9-17)21(18-6-5-7-20(28)12-18)13-26(3,25(29)32)14-23(30)31/h5-12,16,21-22,24H,13-15H2,1-4H3,(H,30,31)/t21-,22-,24-,26+/m1/s1. The van der Waals surface area contributed by atoms with Crippen LogP contribution >= 0.6 is 23.2 Å². The number of aliphatic carboxylic acids is 1. The maximum absolute atomic E-state index is 14.1. The number of carbonyl (C=O) groups is 2. The van der Waals surface area contributed by atoms with Crippen molar-refractivity contribution in [1.29, 1.82) is 0 Å². The van der Waals surface area contributed by atoms with Gasteiger partial charge in [-0.25, -0.2) is 8.42 Å². The monoisotopic (exact) mass is 539 g/mol. The lowest BCUT2D eigenvalue weighted by Gasteiger charge is -2.52. The molecule has 0 bridgehead atoms. The van der Waals surface area contributed by atoms with Gasteiger partial charge < -0.3 is 10.0 Å². The average molecular weight is 541 g/mol. The molecular formula is C26H31Cl2NO5S. The number of nitrogens with zero attached hydrogens (tertiary/aromatic N) is 1. The van der Waals surface area contributed by atoms with Gasteiger partial charge in [0.1, 0.15) is 9.84 Å². The summed E-state index contributed by atoms with van der Waals surface area (Å²) in [5.41, 5.74) is 0.421. The molecule has 1 aliphatic rings. The maximum atomic E-state index is 14.1. The van der Waals surface area contributed by atoms with Gasteiger partial charge in [-0.1, -0.05) is 68.2 Å². The fourth-order valence-electron chi connectivity index (χ4n) is 5.15. The Morgan fingerprint density at radius 2 is 1.74 bits per heavy atom. The number of carboxylic acid groups (broad SMARTS) is 1. The molecule has 1 amide bonds. The molecule has 0 unspecified atom stereocenters. The molecule has 0 saturated carbocycles. The van der Waals surface area contributed by atoms with Gasteiger partial charge in [0.2, 0.25) is 5.91 Å². The molecule has 190 valence electrons. The van der Waals surface area contributed by atoms with Gasteiger partial charge in [0.25, 0.3) is 0 Å². The predicted octanol–water partition coefficient (Wildman–Crippen LogP) is 5.60. The minimum atomic E-state index is -3.46. The Bertz CT molecular complexity index is 1200. The zero-order chi connectivity index (χ0) is 26.1. The second kappa shape index (κ2) is 10.5. The molecule has 1 N–H and O–H groups in total. The van der Waals surface area contributed by atoms with E-state index < -0.39 is 33.3 Å². The maximum Gasteiger partial charge on any atom is 0.304 e. The highest BCUT2D eigenvalue weighted by Gasteiger charge is 2.53. The second-order valence-electron chi connectivity index (χ2n) is 10.1. The number of sulfone groups is 1. The summed E-state index contributed by atoms with van der Waals surface area (Å²) in [5, 5.41) is 10.7. The Morgan fingerprint density at radius 3 is 2.26 bits per heavy atom. The first-order valence-electron chi connectivity index (χ1n) is 11.4. The number of piperidine rings is 1. The van der Waals surface area contributed by atoms with Gasteiger partial charge in [-0.2, -0.15) is 0 Å². The molecule has 0 radical (unpaired) electrons. The highest BCUT2D eigenvalue weighted by atomic mass is 35.5. The minimum Gasteiger partial charge on any atom is -0.481 e. The molecule has 6 nitrogen and oxygen atoms in total. The van der Waals surface area contributed by atoms with Crippen LogP contribution in [0.3, 0.4) is 0 Å². The SMILES string of the molecule is CC(C)[C@@H](CS(C)(=O)=O)N1C(=O)[C@](C)(CC(=O)O)C[C@H](c2cccc(Cl)c2)[C@H]1c1ccc(Cl)cc1. The highest BCUT2D eigenvalue weighted by molar-refractivity contribution is 7.90. The third-order valence-corrected chi connectivity index (χ3v) is 8.17. The molecule has 1 saturated heterocycles. The third-order valence-electron chi connectivity index (χ3n) is 6.73. The molecule has 0 spiro atoms. The Balaban J connectivity index is 2.30. The van der Waals surface area contributed by atoms with Crippen LogP contribution in [0.15, 0.2) is 48.5 Å². The van der Waals surface area contributed by atoms with E-state index >= 15 is 0 Å². The van der Waals surface area contributed by atoms with Crippen LogP contribution in [0.25, 0.3) is 0 Å². The summed E-state index contributed by atoms with van der Waals surface area (Å²) in [7, 11) is -3.46. The first-order chi connectivity index (χ1) is 16.2. The van der Waals surface area contributed by atoms with Crippen molar-refractivity contribution in [2.24, 2.45) is 11.3 Å². The first kappa shape index (κ1) is 27.5. The second-order valence-corrected chi connectivity index (χ2v) is 13.2. The van der Waals surface area contributed by atoms with E-state index in [9.17, 15) is 23.1 Å². The van der Waals surface area contributed by atoms with Crippen molar-refractivity contribution in [2.75, 3.05) is 12.0 Å². The van der Waals surface area contributed by atoms with Crippen LogP contribution in [0.4, 0.5) is 0 Å². The smallest absolute Gasteiger partial charge is 0.304 e. The molecule has 2 aromatic carbocycles. The van der Waals surface area contributed by atoms with Crippen LogP contribution < -0.4 is 0 Å². The summed E-state index contributed by atoms with van der Waals surface area (Å²) < 4.78 is 24.9. The summed E-state index contributed by atoms with van der Waals surface area (Å²) in [6, 6.07) is 13.3. The molecular weight excluding hydrogens is 509 g/mol. The van der Waals surface area contributed by atoms with Crippen LogP contribution in [0, 0.1) is 11.3 Å².